The van der Waals surface area contributed by atoms with Gasteiger partial charge in [-0.15, -0.1) is 0 Å². The lowest BCUT2D eigenvalue weighted by atomic mass is 9.98. The van der Waals surface area contributed by atoms with Crippen LogP contribution in [0.5, 0.6) is 0 Å². The number of anilines is 1. The van der Waals surface area contributed by atoms with Crippen LogP contribution < -0.4 is 10.6 Å². The van der Waals surface area contributed by atoms with Crippen LogP contribution in [0.3, 0.4) is 0 Å². The standard InChI is InChI=1S/C22H29N3O5/c1-14-8-9-17(15(2)13-14)23-19(27)16(3)30-18(26)7-6-12-25-20(28)22(24-21(25)29)10-4-5-11-22/h8-9,13,16H,4-7,10-12H2,1-3H3,(H,23,27)(H,24,29)/t16-/m1/s1. The van der Waals surface area contributed by atoms with Gasteiger partial charge in [0.05, 0.1) is 0 Å². The summed E-state index contributed by atoms with van der Waals surface area (Å²) in [6, 6.07) is 5.27. The Kier molecular flexibility index (Phi) is 6.43. The number of imide groups is 1. The van der Waals surface area contributed by atoms with Crippen LogP contribution in [0.4, 0.5) is 10.5 Å². The number of ether oxygens (including phenoxy) is 1. The summed E-state index contributed by atoms with van der Waals surface area (Å²) < 4.78 is 5.20. The molecule has 1 aliphatic carbocycles. The van der Waals surface area contributed by atoms with Crippen LogP contribution in [0, 0.1) is 13.8 Å². The molecule has 1 saturated heterocycles. The summed E-state index contributed by atoms with van der Waals surface area (Å²) in [6.07, 6.45) is 2.55. The van der Waals surface area contributed by atoms with Gasteiger partial charge in [-0.1, -0.05) is 30.5 Å². The zero-order valence-electron chi connectivity index (χ0n) is 17.7. The van der Waals surface area contributed by atoms with Crippen molar-refractivity contribution in [3.8, 4) is 0 Å². The first kappa shape index (κ1) is 21.8. The maximum absolute atomic E-state index is 12.6. The fraction of sp³-hybridized carbons (Fsp3) is 0.545. The fourth-order valence-corrected chi connectivity index (χ4v) is 4.08. The second-order valence-corrected chi connectivity index (χ2v) is 8.22. The molecule has 1 atom stereocenters. The summed E-state index contributed by atoms with van der Waals surface area (Å²) >= 11 is 0. The van der Waals surface area contributed by atoms with E-state index in [-0.39, 0.29) is 18.9 Å². The molecule has 0 aromatic heterocycles. The summed E-state index contributed by atoms with van der Waals surface area (Å²) in [4.78, 5) is 50.3. The monoisotopic (exact) mass is 415 g/mol. The largest absolute Gasteiger partial charge is 0.453 e. The highest BCUT2D eigenvalue weighted by Crippen LogP contribution is 2.35. The van der Waals surface area contributed by atoms with Crippen molar-refractivity contribution in [2.24, 2.45) is 0 Å². The molecule has 0 unspecified atom stereocenters. The van der Waals surface area contributed by atoms with Gasteiger partial charge < -0.3 is 15.4 Å². The molecule has 0 radical (unpaired) electrons. The highest BCUT2D eigenvalue weighted by molar-refractivity contribution is 6.07. The SMILES string of the molecule is Cc1ccc(NC(=O)[C@@H](C)OC(=O)CCCN2C(=O)NC3(CCCC3)C2=O)c(C)c1. The Labute approximate surface area is 176 Å². The Balaban J connectivity index is 1.43. The van der Waals surface area contributed by atoms with Gasteiger partial charge >= 0.3 is 12.0 Å². The Bertz CT molecular complexity index is 860. The molecule has 162 valence electrons. The average molecular weight is 415 g/mol. The first-order chi connectivity index (χ1) is 14.2. The smallest absolute Gasteiger partial charge is 0.325 e. The Hall–Kier alpha value is -2.90. The van der Waals surface area contributed by atoms with Crippen molar-refractivity contribution in [1.82, 2.24) is 10.2 Å². The molecule has 0 bridgehead atoms. The van der Waals surface area contributed by atoms with Crippen molar-refractivity contribution in [2.45, 2.75) is 70.9 Å². The minimum atomic E-state index is -0.948. The third-order valence-corrected chi connectivity index (χ3v) is 5.78. The zero-order valence-corrected chi connectivity index (χ0v) is 17.7. The Morgan fingerprint density at radius 3 is 2.60 bits per heavy atom. The molecule has 1 aliphatic heterocycles. The van der Waals surface area contributed by atoms with Gasteiger partial charge in [0.15, 0.2) is 6.10 Å². The molecule has 2 aliphatic rings. The number of carbonyl (C=O) groups excluding carboxylic acids is 4. The van der Waals surface area contributed by atoms with E-state index in [1.165, 1.54) is 11.8 Å². The lowest BCUT2D eigenvalue weighted by Gasteiger charge is -2.20. The van der Waals surface area contributed by atoms with Crippen LogP contribution in [0.1, 0.15) is 56.6 Å². The number of hydrogen-bond acceptors (Lipinski definition) is 5. The maximum atomic E-state index is 12.6. The molecular formula is C22H29N3O5. The predicted molar refractivity (Wildman–Crippen MR) is 111 cm³/mol. The lowest BCUT2D eigenvalue weighted by molar-refractivity contribution is -0.153. The van der Waals surface area contributed by atoms with Gasteiger partial charge in [0, 0.05) is 18.7 Å². The van der Waals surface area contributed by atoms with Gasteiger partial charge in [0.1, 0.15) is 5.54 Å². The second-order valence-electron chi connectivity index (χ2n) is 8.22. The molecule has 3 rings (SSSR count). The number of urea groups is 1. The minimum Gasteiger partial charge on any atom is -0.453 e. The topological polar surface area (TPSA) is 105 Å². The van der Waals surface area contributed by atoms with Gasteiger partial charge in [-0.05, 0) is 51.7 Å². The van der Waals surface area contributed by atoms with Gasteiger partial charge in [-0.2, -0.15) is 0 Å². The van der Waals surface area contributed by atoms with Gasteiger partial charge in [0.25, 0.3) is 11.8 Å². The summed E-state index contributed by atoms with van der Waals surface area (Å²) in [5, 5.41) is 5.57. The third-order valence-electron chi connectivity index (χ3n) is 5.78. The van der Waals surface area contributed by atoms with Crippen molar-refractivity contribution >= 4 is 29.5 Å². The maximum Gasteiger partial charge on any atom is 0.325 e. The molecule has 1 spiro atoms. The van der Waals surface area contributed by atoms with E-state index in [0.29, 0.717) is 24.9 Å². The van der Waals surface area contributed by atoms with E-state index in [1.54, 1.807) is 0 Å². The first-order valence-electron chi connectivity index (χ1n) is 10.4. The number of carbonyl (C=O) groups is 4. The molecule has 8 nitrogen and oxygen atoms in total. The van der Waals surface area contributed by atoms with Gasteiger partial charge in [-0.25, -0.2) is 4.79 Å². The van der Waals surface area contributed by atoms with E-state index in [9.17, 15) is 19.2 Å². The highest BCUT2D eigenvalue weighted by atomic mass is 16.5. The molecule has 30 heavy (non-hydrogen) atoms. The van der Waals surface area contributed by atoms with Crippen molar-refractivity contribution < 1.29 is 23.9 Å². The molecule has 2 N–H and O–H groups in total. The first-order valence-corrected chi connectivity index (χ1v) is 10.4. The van der Waals surface area contributed by atoms with E-state index < -0.39 is 29.6 Å². The number of aryl methyl sites for hydroxylation is 2. The number of esters is 1. The van der Waals surface area contributed by atoms with Crippen LogP contribution in [-0.4, -0.2) is 46.9 Å². The quantitative estimate of drug-likeness (QED) is 0.526. The van der Waals surface area contributed by atoms with E-state index in [2.05, 4.69) is 10.6 Å². The predicted octanol–water partition coefficient (Wildman–Crippen LogP) is 2.82. The number of benzene rings is 1. The van der Waals surface area contributed by atoms with Crippen LogP contribution in [0.25, 0.3) is 0 Å². The van der Waals surface area contributed by atoms with Crippen LogP contribution in [-0.2, 0) is 19.1 Å². The van der Waals surface area contributed by atoms with Crippen LogP contribution in [0.2, 0.25) is 0 Å². The summed E-state index contributed by atoms with van der Waals surface area (Å²) in [6.45, 7) is 5.53. The van der Waals surface area contributed by atoms with Crippen molar-refractivity contribution in [3.05, 3.63) is 29.3 Å². The normalized spacial score (nSPS) is 18.4. The molecule has 4 amide bonds. The number of amides is 4. The molecular weight excluding hydrogens is 386 g/mol. The van der Waals surface area contributed by atoms with E-state index in [4.69, 9.17) is 4.74 Å². The van der Waals surface area contributed by atoms with E-state index >= 15 is 0 Å². The zero-order chi connectivity index (χ0) is 21.9. The van der Waals surface area contributed by atoms with Gasteiger partial charge in [-0.3, -0.25) is 19.3 Å². The molecule has 1 saturated carbocycles. The third kappa shape index (κ3) is 4.63. The minimum absolute atomic E-state index is 0.0191. The second kappa shape index (κ2) is 8.85. The molecule has 1 aromatic rings. The van der Waals surface area contributed by atoms with Crippen molar-refractivity contribution in [2.75, 3.05) is 11.9 Å². The molecule has 8 heteroatoms. The average Bonchev–Trinajstić information content (AvgIpc) is 3.24. The summed E-state index contributed by atoms with van der Waals surface area (Å²) in [7, 11) is 0. The number of nitrogens with zero attached hydrogens (tertiary/aromatic N) is 1. The fourth-order valence-electron chi connectivity index (χ4n) is 4.08. The number of hydrogen-bond donors (Lipinski definition) is 2. The van der Waals surface area contributed by atoms with Crippen LogP contribution in [0.15, 0.2) is 18.2 Å². The molecule has 1 aromatic carbocycles. The van der Waals surface area contributed by atoms with E-state index in [0.717, 1.165) is 24.0 Å². The van der Waals surface area contributed by atoms with Crippen molar-refractivity contribution in [1.29, 1.82) is 0 Å². The van der Waals surface area contributed by atoms with Crippen molar-refractivity contribution in [3.63, 3.8) is 0 Å². The van der Waals surface area contributed by atoms with E-state index in [1.807, 2.05) is 32.0 Å². The summed E-state index contributed by atoms with van der Waals surface area (Å²) in [5.74, 6) is -1.15. The summed E-state index contributed by atoms with van der Waals surface area (Å²) in [5.41, 5.74) is 1.95. The Morgan fingerprint density at radius 2 is 1.93 bits per heavy atom. The number of nitrogens with one attached hydrogen (secondary N) is 2. The van der Waals surface area contributed by atoms with Crippen LogP contribution >= 0.6 is 0 Å². The molecule has 1 heterocycles. The lowest BCUT2D eigenvalue weighted by Crippen LogP contribution is -2.44. The molecule has 2 fully saturated rings. The number of rotatable bonds is 7. The Morgan fingerprint density at radius 1 is 1.23 bits per heavy atom. The highest BCUT2D eigenvalue weighted by Gasteiger charge is 2.52. The van der Waals surface area contributed by atoms with Gasteiger partial charge in [0.2, 0.25) is 0 Å².